The number of halogens is 1. The normalized spacial score (nSPS) is 14.7. The third kappa shape index (κ3) is 4.08. The number of piperidine rings is 1. The summed E-state index contributed by atoms with van der Waals surface area (Å²) in [5, 5.41) is 0. The number of hydrogen-bond donors (Lipinski definition) is 0. The van der Waals surface area contributed by atoms with Crippen LogP contribution in [-0.2, 0) is 4.79 Å². The smallest absolute Gasteiger partial charge is 0.166 e. The summed E-state index contributed by atoms with van der Waals surface area (Å²) in [7, 11) is 0. The van der Waals surface area contributed by atoms with Crippen molar-refractivity contribution in [1.82, 2.24) is 15.0 Å². The van der Waals surface area contributed by atoms with Crippen molar-refractivity contribution in [2.24, 2.45) is 5.92 Å². The summed E-state index contributed by atoms with van der Waals surface area (Å²) < 4.78 is 14.9. The molecule has 0 N–H and O–H groups in total. The third-order valence-corrected chi connectivity index (χ3v) is 5.88. The molecule has 3 aromatic heterocycles. The van der Waals surface area contributed by atoms with Crippen molar-refractivity contribution < 1.29 is 9.18 Å². The number of carbonyl (C=O) groups excluding carboxylic acids is 1. The fourth-order valence-electron chi connectivity index (χ4n) is 4.07. The molecule has 0 unspecified atom stereocenters. The predicted octanol–water partition coefficient (Wildman–Crippen LogP) is 4.77. The fourth-order valence-corrected chi connectivity index (χ4v) is 4.07. The van der Waals surface area contributed by atoms with Gasteiger partial charge in [-0.3, -0.25) is 9.97 Å². The van der Waals surface area contributed by atoms with E-state index in [0.29, 0.717) is 29.4 Å². The van der Waals surface area contributed by atoms with Gasteiger partial charge in [0.25, 0.3) is 0 Å². The van der Waals surface area contributed by atoms with Crippen molar-refractivity contribution in [3.8, 4) is 22.4 Å². The molecule has 0 aliphatic carbocycles. The maximum atomic E-state index is 14.9. The van der Waals surface area contributed by atoms with Crippen molar-refractivity contribution >= 4 is 12.1 Å². The van der Waals surface area contributed by atoms with Crippen LogP contribution >= 0.6 is 0 Å². The average Bonchev–Trinajstić information content (AvgIpc) is 2.75. The Balaban J connectivity index is 1.55. The summed E-state index contributed by atoms with van der Waals surface area (Å²) in [6, 6.07) is 7.39. The molecule has 0 radical (unpaired) electrons. The molecule has 6 heteroatoms. The van der Waals surface area contributed by atoms with Gasteiger partial charge in [-0.05, 0) is 56.4 Å². The van der Waals surface area contributed by atoms with Crippen LogP contribution in [0.5, 0.6) is 0 Å². The van der Waals surface area contributed by atoms with Gasteiger partial charge >= 0.3 is 0 Å². The van der Waals surface area contributed by atoms with Crippen LogP contribution in [0, 0.1) is 25.6 Å². The Hall–Kier alpha value is -3.15. The van der Waals surface area contributed by atoms with Gasteiger partial charge < -0.3 is 9.69 Å². The maximum Gasteiger partial charge on any atom is 0.166 e. The molecule has 0 amide bonds. The SMILES string of the molecule is Cc1ccncc1-c1ccc(-c2cnc(N3CCC(CC=O)CC3)c(F)c2)nc1C. The number of rotatable bonds is 5. The Kier molecular flexibility index (Phi) is 5.84. The summed E-state index contributed by atoms with van der Waals surface area (Å²) in [5.41, 5.74) is 5.42. The zero-order chi connectivity index (χ0) is 21.1. The van der Waals surface area contributed by atoms with E-state index in [9.17, 15) is 9.18 Å². The Morgan fingerprint density at radius 3 is 2.60 bits per heavy atom. The molecule has 1 aliphatic rings. The van der Waals surface area contributed by atoms with Gasteiger partial charge in [-0.1, -0.05) is 6.07 Å². The van der Waals surface area contributed by atoms with Crippen molar-refractivity contribution in [2.45, 2.75) is 33.1 Å². The minimum atomic E-state index is -0.340. The number of anilines is 1. The van der Waals surface area contributed by atoms with Gasteiger partial charge in [0.1, 0.15) is 6.29 Å². The molecule has 154 valence electrons. The molecule has 3 aromatic rings. The van der Waals surface area contributed by atoms with Crippen LogP contribution in [0.2, 0.25) is 0 Å². The van der Waals surface area contributed by atoms with Crippen LogP contribution in [0.25, 0.3) is 22.4 Å². The van der Waals surface area contributed by atoms with Crippen LogP contribution in [-0.4, -0.2) is 34.3 Å². The molecule has 5 nitrogen and oxygen atoms in total. The standard InChI is InChI=1S/C24H25FN4O/c1-16-5-9-26-15-21(16)20-3-4-23(28-17(20)2)19-13-22(25)24(27-14-19)29-10-6-18(7-11-29)8-12-30/h3-5,9,12-15,18H,6-8,10-11H2,1-2H3. The van der Waals surface area contributed by atoms with E-state index in [4.69, 9.17) is 4.98 Å². The Morgan fingerprint density at radius 2 is 1.93 bits per heavy atom. The van der Waals surface area contributed by atoms with Crippen molar-refractivity contribution in [3.05, 3.63) is 59.9 Å². The predicted molar refractivity (Wildman–Crippen MR) is 116 cm³/mol. The highest BCUT2D eigenvalue weighted by molar-refractivity contribution is 5.71. The minimum Gasteiger partial charge on any atom is -0.354 e. The molecule has 30 heavy (non-hydrogen) atoms. The summed E-state index contributed by atoms with van der Waals surface area (Å²) in [6.45, 7) is 5.44. The number of nitrogens with zero attached hydrogens (tertiary/aromatic N) is 4. The Labute approximate surface area is 176 Å². The van der Waals surface area contributed by atoms with Crippen LogP contribution in [0.15, 0.2) is 42.9 Å². The fraction of sp³-hybridized carbons (Fsp3) is 0.333. The molecule has 1 aliphatic heterocycles. The molecule has 0 aromatic carbocycles. The van der Waals surface area contributed by atoms with Crippen LogP contribution in [0.4, 0.5) is 10.2 Å². The van der Waals surface area contributed by atoms with E-state index in [0.717, 1.165) is 54.6 Å². The maximum absolute atomic E-state index is 14.9. The highest BCUT2D eigenvalue weighted by atomic mass is 19.1. The van der Waals surface area contributed by atoms with E-state index in [2.05, 4.69) is 9.97 Å². The van der Waals surface area contributed by atoms with Crippen LogP contribution in [0.1, 0.15) is 30.5 Å². The number of aromatic nitrogens is 3. The highest BCUT2D eigenvalue weighted by Crippen LogP contribution is 2.30. The number of aldehydes is 1. The Morgan fingerprint density at radius 1 is 1.13 bits per heavy atom. The van der Waals surface area contributed by atoms with Crippen molar-refractivity contribution in [1.29, 1.82) is 0 Å². The van der Waals surface area contributed by atoms with E-state index in [1.807, 2.05) is 43.1 Å². The molecule has 0 spiro atoms. The van der Waals surface area contributed by atoms with Gasteiger partial charge in [-0.15, -0.1) is 0 Å². The lowest BCUT2D eigenvalue weighted by molar-refractivity contribution is -0.108. The lowest BCUT2D eigenvalue weighted by atomic mass is 9.94. The number of hydrogen-bond acceptors (Lipinski definition) is 5. The number of aryl methyl sites for hydroxylation is 2. The minimum absolute atomic E-state index is 0.340. The van der Waals surface area contributed by atoms with E-state index in [1.54, 1.807) is 12.4 Å². The lowest BCUT2D eigenvalue weighted by Crippen LogP contribution is -2.35. The molecule has 0 bridgehead atoms. The van der Waals surface area contributed by atoms with E-state index < -0.39 is 0 Å². The molecular formula is C24H25FN4O. The third-order valence-electron chi connectivity index (χ3n) is 5.88. The highest BCUT2D eigenvalue weighted by Gasteiger charge is 2.22. The van der Waals surface area contributed by atoms with E-state index in [-0.39, 0.29) is 5.82 Å². The van der Waals surface area contributed by atoms with Gasteiger partial charge in [0, 0.05) is 60.5 Å². The zero-order valence-corrected chi connectivity index (χ0v) is 17.3. The van der Waals surface area contributed by atoms with Crippen LogP contribution < -0.4 is 4.90 Å². The second kappa shape index (κ2) is 8.69. The van der Waals surface area contributed by atoms with E-state index in [1.165, 1.54) is 6.07 Å². The van der Waals surface area contributed by atoms with Gasteiger partial charge in [-0.2, -0.15) is 0 Å². The molecule has 0 saturated carbocycles. The topological polar surface area (TPSA) is 59.0 Å². The largest absolute Gasteiger partial charge is 0.354 e. The van der Waals surface area contributed by atoms with Gasteiger partial charge in [0.05, 0.1) is 5.69 Å². The molecule has 4 rings (SSSR count). The summed E-state index contributed by atoms with van der Waals surface area (Å²) in [5.74, 6) is 0.436. The van der Waals surface area contributed by atoms with Gasteiger partial charge in [-0.25, -0.2) is 9.37 Å². The number of pyridine rings is 3. The van der Waals surface area contributed by atoms with Gasteiger partial charge in [0.2, 0.25) is 0 Å². The van der Waals surface area contributed by atoms with Crippen LogP contribution in [0.3, 0.4) is 0 Å². The Bertz CT molecular complexity index is 1060. The zero-order valence-electron chi connectivity index (χ0n) is 17.3. The van der Waals surface area contributed by atoms with E-state index >= 15 is 0 Å². The quantitative estimate of drug-likeness (QED) is 0.574. The molecule has 4 heterocycles. The molecular weight excluding hydrogens is 379 g/mol. The first-order valence-corrected chi connectivity index (χ1v) is 10.3. The summed E-state index contributed by atoms with van der Waals surface area (Å²) >= 11 is 0. The molecule has 0 atom stereocenters. The average molecular weight is 404 g/mol. The monoisotopic (exact) mass is 404 g/mol. The summed E-state index contributed by atoms with van der Waals surface area (Å²) in [4.78, 5) is 26.0. The van der Waals surface area contributed by atoms with Crippen molar-refractivity contribution in [3.63, 3.8) is 0 Å². The second-order valence-corrected chi connectivity index (χ2v) is 7.88. The van der Waals surface area contributed by atoms with Gasteiger partial charge in [0.15, 0.2) is 11.6 Å². The lowest BCUT2D eigenvalue weighted by Gasteiger charge is -2.32. The number of carbonyl (C=O) groups is 1. The van der Waals surface area contributed by atoms with Crippen molar-refractivity contribution in [2.75, 3.05) is 18.0 Å². The second-order valence-electron chi connectivity index (χ2n) is 7.88. The first-order valence-electron chi connectivity index (χ1n) is 10.3. The molecule has 1 fully saturated rings. The first-order chi connectivity index (χ1) is 14.6. The molecule has 1 saturated heterocycles. The summed E-state index contributed by atoms with van der Waals surface area (Å²) in [6.07, 6.45) is 8.64. The first kappa shape index (κ1) is 20.1.